The Balaban J connectivity index is 2.93. The molecule has 0 amide bonds. The standard InChI is InChI=1S/C12H13ClO4/c1-8(14)17-11(7-12(15)16-2)9-5-3-4-6-10(9)13/h3-6,11H,7H2,1-2H3. The van der Waals surface area contributed by atoms with Crippen LogP contribution < -0.4 is 0 Å². The molecule has 0 radical (unpaired) electrons. The predicted octanol–water partition coefficient (Wildman–Crippen LogP) is 2.51. The van der Waals surface area contributed by atoms with E-state index in [0.717, 1.165) is 0 Å². The molecule has 92 valence electrons. The molecule has 0 N–H and O–H groups in total. The Bertz CT molecular complexity index is 417. The summed E-state index contributed by atoms with van der Waals surface area (Å²) in [7, 11) is 1.28. The largest absolute Gasteiger partial charge is 0.469 e. The van der Waals surface area contributed by atoms with Crippen LogP contribution in [0.3, 0.4) is 0 Å². The lowest BCUT2D eigenvalue weighted by molar-refractivity contribution is -0.152. The normalized spacial score (nSPS) is 11.7. The van der Waals surface area contributed by atoms with Gasteiger partial charge >= 0.3 is 11.9 Å². The molecular formula is C12H13ClO4. The molecule has 5 heteroatoms. The van der Waals surface area contributed by atoms with Gasteiger partial charge in [0.05, 0.1) is 13.5 Å². The van der Waals surface area contributed by atoms with Gasteiger partial charge in [-0.25, -0.2) is 0 Å². The van der Waals surface area contributed by atoms with Crippen molar-refractivity contribution >= 4 is 23.5 Å². The van der Waals surface area contributed by atoms with Crippen LogP contribution in [0.15, 0.2) is 24.3 Å². The maximum absolute atomic E-state index is 11.2. The first-order valence-corrected chi connectivity index (χ1v) is 5.41. The molecule has 0 saturated carbocycles. The molecule has 4 nitrogen and oxygen atoms in total. The van der Waals surface area contributed by atoms with E-state index in [1.807, 2.05) is 0 Å². The van der Waals surface area contributed by atoms with Crippen molar-refractivity contribution in [3.8, 4) is 0 Å². The fraction of sp³-hybridized carbons (Fsp3) is 0.333. The summed E-state index contributed by atoms with van der Waals surface area (Å²) in [4.78, 5) is 22.2. The number of hydrogen-bond acceptors (Lipinski definition) is 4. The smallest absolute Gasteiger partial charge is 0.309 e. The summed E-state index contributed by atoms with van der Waals surface area (Å²) in [5.74, 6) is -0.935. The first-order valence-electron chi connectivity index (χ1n) is 5.03. The molecule has 0 aliphatic heterocycles. The summed E-state index contributed by atoms with van der Waals surface area (Å²) in [6.45, 7) is 1.28. The summed E-state index contributed by atoms with van der Waals surface area (Å²) in [6, 6.07) is 6.90. The van der Waals surface area contributed by atoms with Gasteiger partial charge in [0, 0.05) is 17.5 Å². The van der Waals surface area contributed by atoms with E-state index in [1.54, 1.807) is 24.3 Å². The van der Waals surface area contributed by atoms with Crippen LogP contribution >= 0.6 is 11.6 Å². The average molecular weight is 257 g/mol. The second kappa shape index (κ2) is 6.25. The molecule has 0 bridgehead atoms. The molecule has 1 aromatic rings. The third-order valence-electron chi connectivity index (χ3n) is 2.14. The van der Waals surface area contributed by atoms with Crippen LogP contribution in [-0.4, -0.2) is 19.0 Å². The zero-order chi connectivity index (χ0) is 12.8. The molecule has 0 aliphatic carbocycles. The Morgan fingerprint density at radius 1 is 1.35 bits per heavy atom. The maximum Gasteiger partial charge on any atom is 0.309 e. The van der Waals surface area contributed by atoms with Gasteiger partial charge in [0.15, 0.2) is 0 Å². The van der Waals surface area contributed by atoms with Crippen molar-refractivity contribution < 1.29 is 19.1 Å². The second-order valence-electron chi connectivity index (χ2n) is 3.40. The number of hydrogen-bond donors (Lipinski definition) is 0. The quantitative estimate of drug-likeness (QED) is 0.777. The lowest BCUT2D eigenvalue weighted by Gasteiger charge is -2.17. The fourth-order valence-electron chi connectivity index (χ4n) is 1.39. The van der Waals surface area contributed by atoms with E-state index in [4.69, 9.17) is 16.3 Å². The van der Waals surface area contributed by atoms with Crippen LogP contribution in [-0.2, 0) is 19.1 Å². The van der Waals surface area contributed by atoms with E-state index in [9.17, 15) is 9.59 Å². The molecule has 1 unspecified atom stereocenters. The van der Waals surface area contributed by atoms with Gasteiger partial charge in [0.2, 0.25) is 0 Å². The van der Waals surface area contributed by atoms with Crippen LogP contribution in [0.5, 0.6) is 0 Å². The van der Waals surface area contributed by atoms with Crippen molar-refractivity contribution in [2.24, 2.45) is 0 Å². The average Bonchev–Trinajstić information content (AvgIpc) is 2.28. The monoisotopic (exact) mass is 256 g/mol. The minimum absolute atomic E-state index is 0.0557. The van der Waals surface area contributed by atoms with Crippen molar-refractivity contribution in [2.45, 2.75) is 19.4 Å². The van der Waals surface area contributed by atoms with Gasteiger partial charge in [-0.1, -0.05) is 29.8 Å². The number of halogens is 1. The van der Waals surface area contributed by atoms with E-state index in [1.165, 1.54) is 14.0 Å². The molecule has 17 heavy (non-hydrogen) atoms. The SMILES string of the molecule is COC(=O)CC(OC(C)=O)c1ccccc1Cl. The number of carbonyl (C=O) groups excluding carboxylic acids is 2. The van der Waals surface area contributed by atoms with Crippen molar-refractivity contribution in [1.82, 2.24) is 0 Å². The zero-order valence-electron chi connectivity index (χ0n) is 9.60. The summed E-state index contributed by atoms with van der Waals surface area (Å²) < 4.78 is 9.62. The van der Waals surface area contributed by atoms with Gasteiger partial charge in [-0.3, -0.25) is 9.59 Å². The molecular weight excluding hydrogens is 244 g/mol. The van der Waals surface area contributed by atoms with Gasteiger partial charge in [0.25, 0.3) is 0 Å². The first kappa shape index (κ1) is 13.5. The van der Waals surface area contributed by atoms with Gasteiger partial charge < -0.3 is 9.47 Å². The van der Waals surface area contributed by atoms with Crippen molar-refractivity contribution in [3.63, 3.8) is 0 Å². The first-order chi connectivity index (χ1) is 8.04. The summed E-state index contributed by atoms with van der Waals surface area (Å²) in [5, 5.41) is 0.447. The Labute approximate surface area is 104 Å². The highest BCUT2D eigenvalue weighted by Gasteiger charge is 2.21. The number of methoxy groups -OCH3 is 1. The highest BCUT2D eigenvalue weighted by Crippen LogP contribution is 2.28. The Kier molecular flexibility index (Phi) is 4.97. The van der Waals surface area contributed by atoms with Crippen molar-refractivity contribution in [2.75, 3.05) is 7.11 Å². The summed E-state index contributed by atoms with van der Waals surface area (Å²) >= 11 is 5.99. The van der Waals surface area contributed by atoms with Gasteiger partial charge in [0.1, 0.15) is 6.10 Å². The van der Waals surface area contributed by atoms with Crippen LogP contribution in [0.2, 0.25) is 5.02 Å². The number of benzene rings is 1. The molecule has 0 fully saturated rings. The Hall–Kier alpha value is -1.55. The van der Waals surface area contributed by atoms with E-state index in [-0.39, 0.29) is 6.42 Å². The molecule has 1 rings (SSSR count). The molecule has 1 atom stereocenters. The van der Waals surface area contributed by atoms with E-state index >= 15 is 0 Å². The number of ether oxygens (including phenoxy) is 2. The third-order valence-corrected chi connectivity index (χ3v) is 2.48. The van der Waals surface area contributed by atoms with Crippen LogP contribution in [0.4, 0.5) is 0 Å². The van der Waals surface area contributed by atoms with E-state index in [0.29, 0.717) is 10.6 Å². The molecule has 0 aliphatic rings. The van der Waals surface area contributed by atoms with E-state index in [2.05, 4.69) is 4.74 Å². The Morgan fingerprint density at radius 2 is 2.00 bits per heavy atom. The molecule has 1 aromatic carbocycles. The van der Waals surface area contributed by atoms with E-state index < -0.39 is 18.0 Å². The number of rotatable bonds is 4. The third kappa shape index (κ3) is 4.07. The summed E-state index contributed by atoms with van der Waals surface area (Å²) in [6.07, 6.45) is -0.770. The predicted molar refractivity (Wildman–Crippen MR) is 62.6 cm³/mol. The zero-order valence-corrected chi connectivity index (χ0v) is 10.4. The lowest BCUT2D eigenvalue weighted by atomic mass is 10.1. The van der Waals surface area contributed by atoms with Crippen molar-refractivity contribution in [3.05, 3.63) is 34.9 Å². The van der Waals surface area contributed by atoms with Gasteiger partial charge in [-0.2, -0.15) is 0 Å². The highest BCUT2D eigenvalue weighted by atomic mass is 35.5. The molecule has 0 heterocycles. The number of carbonyl (C=O) groups is 2. The topological polar surface area (TPSA) is 52.6 Å². The lowest BCUT2D eigenvalue weighted by Crippen LogP contribution is -2.14. The summed E-state index contributed by atoms with van der Waals surface area (Å²) in [5.41, 5.74) is 0.592. The number of esters is 2. The molecule has 0 saturated heterocycles. The van der Waals surface area contributed by atoms with Crippen LogP contribution in [0.25, 0.3) is 0 Å². The molecule has 0 aromatic heterocycles. The Morgan fingerprint density at radius 3 is 2.53 bits per heavy atom. The minimum Gasteiger partial charge on any atom is -0.469 e. The van der Waals surface area contributed by atoms with Gasteiger partial charge in [-0.05, 0) is 6.07 Å². The van der Waals surface area contributed by atoms with Gasteiger partial charge in [-0.15, -0.1) is 0 Å². The van der Waals surface area contributed by atoms with Crippen molar-refractivity contribution in [1.29, 1.82) is 0 Å². The molecule has 0 spiro atoms. The fourth-order valence-corrected chi connectivity index (χ4v) is 1.64. The van der Waals surface area contributed by atoms with Crippen LogP contribution in [0, 0.1) is 0 Å². The minimum atomic E-state index is -0.714. The second-order valence-corrected chi connectivity index (χ2v) is 3.81. The maximum atomic E-state index is 11.2. The highest BCUT2D eigenvalue weighted by molar-refractivity contribution is 6.31. The van der Waals surface area contributed by atoms with Crippen LogP contribution in [0.1, 0.15) is 25.0 Å².